The van der Waals surface area contributed by atoms with Gasteiger partial charge in [-0.25, -0.2) is 0 Å². The van der Waals surface area contributed by atoms with Gasteiger partial charge in [-0.3, -0.25) is 5.10 Å². The lowest BCUT2D eigenvalue weighted by atomic mass is 10.1. The minimum Gasteiger partial charge on any atom is -0.497 e. The molecule has 8 nitrogen and oxygen atoms in total. The zero-order valence-corrected chi connectivity index (χ0v) is 17.2. The van der Waals surface area contributed by atoms with Gasteiger partial charge in [0.05, 0.1) is 18.5 Å². The van der Waals surface area contributed by atoms with Crippen molar-refractivity contribution in [2.75, 3.05) is 7.11 Å². The van der Waals surface area contributed by atoms with Crippen LogP contribution < -0.4 is 9.47 Å². The molecule has 5 rings (SSSR count). The fourth-order valence-corrected chi connectivity index (χ4v) is 3.80. The highest BCUT2D eigenvalue weighted by Crippen LogP contribution is 2.28. The van der Waals surface area contributed by atoms with Crippen molar-refractivity contribution in [1.82, 2.24) is 30.0 Å². The zero-order chi connectivity index (χ0) is 20.5. The van der Waals surface area contributed by atoms with Crippen molar-refractivity contribution in [1.29, 1.82) is 0 Å². The quantitative estimate of drug-likeness (QED) is 0.446. The smallest absolute Gasteiger partial charge is 0.235 e. The highest BCUT2D eigenvalue weighted by atomic mass is 32.1. The van der Waals surface area contributed by atoms with Gasteiger partial charge in [-0.05, 0) is 49.4 Å². The first kappa shape index (κ1) is 18.3. The first-order chi connectivity index (χ1) is 14.7. The van der Waals surface area contributed by atoms with Crippen molar-refractivity contribution in [2.24, 2.45) is 0 Å². The zero-order valence-electron chi connectivity index (χ0n) is 16.4. The molecule has 30 heavy (non-hydrogen) atoms. The fraction of sp³-hybridized carbons (Fsp3) is 0.143. The Labute approximate surface area is 176 Å². The molecular formula is C21H18N6O2S. The molecule has 0 fully saturated rings. The monoisotopic (exact) mass is 418 g/mol. The Morgan fingerprint density at radius 2 is 1.77 bits per heavy atom. The number of fused-ring (bicyclic) bond motifs is 1. The molecule has 2 aromatic carbocycles. The summed E-state index contributed by atoms with van der Waals surface area (Å²) in [6.07, 6.45) is 0. The van der Waals surface area contributed by atoms with E-state index in [4.69, 9.17) is 9.47 Å². The van der Waals surface area contributed by atoms with Crippen LogP contribution in [0.1, 0.15) is 11.4 Å². The number of rotatable bonds is 6. The number of methoxy groups -OCH3 is 1. The Kier molecular flexibility index (Phi) is 4.64. The number of aromatic amines is 1. The standard InChI is InChI=1S/C21H18N6O2S/c1-13-3-7-16(8-4-13)29-12-19-24-25-21-27(19)26-20(30-21)18-11-17(22-23-18)14-5-9-15(28-2)10-6-14/h3-11H,12H2,1-2H3,(H,22,23). The summed E-state index contributed by atoms with van der Waals surface area (Å²) in [5, 5.41) is 21.3. The van der Waals surface area contributed by atoms with Crippen LogP contribution in [0, 0.1) is 6.92 Å². The van der Waals surface area contributed by atoms with Gasteiger partial charge in [-0.1, -0.05) is 29.0 Å². The molecule has 1 N–H and O–H groups in total. The van der Waals surface area contributed by atoms with Gasteiger partial charge in [0.25, 0.3) is 0 Å². The van der Waals surface area contributed by atoms with Gasteiger partial charge in [-0.15, -0.1) is 10.2 Å². The van der Waals surface area contributed by atoms with Crippen LogP contribution in [0.4, 0.5) is 0 Å². The Morgan fingerprint density at radius 1 is 1.00 bits per heavy atom. The van der Waals surface area contributed by atoms with Crippen molar-refractivity contribution in [3.63, 3.8) is 0 Å². The van der Waals surface area contributed by atoms with E-state index in [0.717, 1.165) is 33.5 Å². The van der Waals surface area contributed by atoms with Crippen LogP contribution in [0.15, 0.2) is 54.6 Å². The Hall–Kier alpha value is -3.72. The van der Waals surface area contributed by atoms with E-state index in [1.165, 1.54) is 16.9 Å². The molecule has 0 unspecified atom stereocenters. The summed E-state index contributed by atoms with van der Waals surface area (Å²) in [7, 11) is 1.65. The number of benzene rings is 2. The molecule has 0 spiro atoms. The van der Waals surface area contributed by atoms with E-state index < -0.39 is 0 Å². The van der Waals surface area contributed by atoms with Crippen LogP contribution in [0.3, 0.4) is 0 Å². The summed E-state index contributed by atoms with van der Waals surface area (Å²) >= 11 is 1.44. The van der Waals surface area contributed by atoms with Crippen molar-refractivity contribution in [3.8, 4) is 33.5 Å². The van der Waals surface area contributed by atoms with Crippen LogP contribution in [0.5, 0.6) is 11.5 Å². The van der Waals surface area contributed by atoms with E-state index in [0.29, 0.717) is 10.8 Å². The molecule has 3 heterocycles. The second-order valence-corrected chi connectivity index (χ2v) is 7.67. The molecule has 0 aliphatic heterocycles. The van der Waals surface area contributed by atoms with Crippen molar-refractivity contribution in [2.45, 2.75) is 13.5 Å². The lowest BCUT2D eigenvalue weighted by Crippen LogP contribution is -2.02. The molecule has 3 aromatic heterocycles. The van der Waals surface area contributed by atoms with E-state index in [1.54, 1.807) is 11.6 Å². The number of hydrogen-bond donors (Lipinski definition) is 1. The second kappa shape index (κ2) is 7.60. The number of nitrogens with zero attached hydrogens (tertiary/aromatic N) is 5. The average molecular weight is 418 g/mol. The van der Waals surface area contributed by atoms with Gasteiger partial charge < -0.3 is 9.47 Å². The fourth-order valence-electron chi connectivity index (χ4n) is 2.98. The summed E-state index contributed by atoms with van der Waals surface area (Å²) in [6.45, 7) is 2.33. The molecule has 5 aromatic rings. The van der Waals surface area contributed by atoms with Gasteiger partial charge in [-0.2, -0.15) is 14.7 Å². The number of nitrogens with one attached hydrogen (secondary N) is 1. The lowest BCUT2D eigenvalue weighted by Gasteiger charge is -2.04. The first-order valence-electron chi connectivity index (χ1n) is 9.30. The molecule has 0 amide bonds. The summed E-state index contributed by atoms with van der Waals surface area (Å²) in [5.74, 6) is 2.23. The van der Waals surface area contributed by atoms with Crippen molar-refractivity contribution in [3.05, 3.63) is 66.0 Å². The van der Waals surface area contributed by atoms with Crippen LogP contribution >= 0.6 is 11.3 Å². The summed E-state index contributed by atoms with van der Waals surface area (Å²) < 4.78 is 12.7. The Bertz CT molecular complexity index is 1290. The van der Waals surface area contributed by atoms with Gasteiger partial charge in [0.15, 0.2) is 10.8 Å². The van der Waals surface area contributed by atoms with Crippen LogP contribution in [-0.4, -0.2) is 37.1 Å². The summed E-state index contributed by atoms with van der Waals surface area (Å²) in [6, 6.07) is 17.6. The molecule has 0 aliphatic rings. The Morgan fingerprint density at radius 3 is 2.53 bits per heavy atom. The molecule has 0 aliphatic carbocycles. The van der Waals surface area contributed by atoms with E-state index in [9.17, 15) is 0 Å². The molecular weight excluding hydrogens is 400 g/mol. The number of ether oxygens (including phenoxy) is 2. The normalized spacial score (nSPS) is 11.1. The third-order valence-electron chi connectivity index (χ3n) is 4.64. The number of hydrogen-bond acceptors (Lipinski definition) is 7. The maximum absolute atomic E-state index is 5.82. The van der Waals surface area contributed by atoms with Crippen LogP contribution in [-0.2, 0) is 6.61 Å². The highest BCUT2D eigenvalue weighted by molar-refractivity contribution is 7.19. The molecule has 150 valence electrons. The Balaban J connectivity index is 1.36. The molecule has 0 atom stereocenters. The van der Waals surface area contributed by atoms with Gasteiger partial charge in [0.2, 0.25) is 4.96 Å². The second-order valence-electron chi connectivity index (χ2n) is 6.71. The number of H-pyrrole nitrogens is 1. The van der Waals surface area contributed by atoms with Gasteiger partial charge in [0.1, 0.15) is 18.1 Å². The van der Waals surface area contributed by atoms with Crippen molar-refractivity contribution >= 4 is 16.3 Å². The third-order valence-corrected chi connectivity index (χ3v) is 5.57. The topological polar surface area (TPSA) is 90.2 Å². The minimum atomic E-state index is 0.285. The highest BCUT2D eigenvalue weighted by Gasteiger charge is 2.15. The van der Waals surface area contributed by atoms with Crippen LogP contribution in [0.2, 0.25) is 0 Å². The summed E-state index contributed by atoms with van der Waals surface area (Å²) in [4.78, 5) is 0.702. The molecule has 0 saturated heterocycles. The van der Waals surface area contributed by atoms with Crippen molar-refractivity contribution < 1.29 is 9.47 Å². The summed E-state index contributed by atoms with van der Waals surface area (Å²) in [5.41, 5.74) is 3.83. The maximum Gasteiger partial charge on any atom is 0.235 e. The van der Waals surface area contributed by atoms with E-state index >= 15 is 0 Å². The maximum atomic E-state index is 5.82. The van der Waals surface area contributed by atoms with E-state index in [-0.39, 0.29) is 6.61 Å². The minimum absolute atomic E-state index is 0.285. The predicted molar refractivity (Wildman–Crippen MR) is 114 cm³/mol. The van der Waals surface area contributed by atoms with E-state index in [1.807, 2.05) is 61.5 Å². The van der Waals surface area contributed by atoms with Gasteiger partial charge >= 0.3 is 0 Å². The number of aryl methyl sites for hydroxylation is 1. The average Bonchev–Trinajstić information content (AvgIpc) is 3.49. The van der Waals surface area contributed by atoms with E-state index in [2.05, 4.69) is 25.5 Å². The molecule has 0 bridgehead atoms. The largest absolute Gasteiger partial charge is 0.497 e. The molecule has 0 saturated carbocycles. The van der Waals surface area contributed by atoms with Crippen LogP contribution in [0.25, 0.3) is 26.9 Å². The van der Waals surface area contributed by atoms with Gasteiger partial charge in [0, 0.05) is 5.56 Å². The first-order valence-corrected chi connectivity index (χ1v) is 10.1. The lowest BCUT2D eigenvalue weighted by molar-refractivity contribution is 0.293. The SMILES string of the molecule is COc1ccc(-c2cc(-c3nn4c(COc5ccc(C)cc5)nnc4s3)[nH]n2)cc1. The predicted octanol–water partition coefficient (Wildman–Crippen LogP) is 4.14. The third kappa shape index (κ3) is 3.50. The number of aromatic nitrogens is 6. The molecule has 0 radical (unpaired) electrons. The molecule has 9 heteroatoms.